The summed E-state index contributed by atoms with van der Waals surface area (Å²) in [6, 6.07) is 6.83. The minimum atomic E-state index is -0.344. The monoisotopic (exact) mass is 379 g/mol. The molecule has 8 heteroatoms. The highest BCUT2D eigenvalue weighted by Gasteiger charge is 2.21. The van der Waals surface area contributed by atoms with Gasteiger partial charge in [-0.05, 0) is 45.0 Å². The quantitative estimate of drug-likeness (QED) is 0.467. The second kappa shape index (κ2) is 7.04. The first kappa shape index (κ1) is 17.1. The number of thioether (sulfide) groups is 1. The molecular formula is C16H14ClN3O2S2. The number of nitrogens with zero attached hydrogens (tertiary/aromatic N) is 3. The zero-order valence-electron chi connectivity index (χ0n) is 13.2. The fourth-order valence-electron chi connectivity index (χ4n) is 2.13. The predicted octanol–water partition coefficient (Wildman–Crippen LogP) is 4.83. The van der Waals surface area contributed by atoms with Gasteiger partial charge in [-0.1, -0.05) is 23.4 Å². The number of hydrogen-bond acceptors (Lipinski definition) is 7. The number of halogens is 1. The van der Waals surface area contributed by atoms with Gasteiger partial charge in [0.15, 0.2) is 5.78 Å². The first-order valence-corrected chi connectivity index (χ1v) is 9.26. The van der Waals surface area contributed by atoms with Crippen molar-refractivity contribution in [3.8, 4) is 10.8 Å². The molecule has 0 aliphatic heterocycles. The van der Waals surface area contributed by atoms with E-state index in [1.807, 2.05) is 20.8 Å². The summed E-state index contributed by atoms with van der Waals surface area (Å²) in [4.78, 5) is 17.6. The Hall–Kier alpha value is -1.70. The summed E-state index contributed by atoms with van der Waals surface area (Å²) < 4.78 is 5.68. The highest BCUT2D eigenvalue weighted by atomic mass is 35.5. The van der Waals surface area contributed by atoms with E-state index in [-0.39, 0.29) is 11.0 Å². The summed E-state index contributed by atoms with van der Waals surface area (Å²) in [6.45, 7) is 5.65. The lowest BCUT2D eigenvalue weighted by Gasteiger charge is -2.07. The van der Waals surface area contributed by atoms with Crippen molar-refractivity contribution in [2.75, 3.05) is 0 Å². The van der Waals surface area contributed by atoms with Crippen molar-refractivity contribution >= 4 is 40.5 Å². The maximum absolute atomic E-state index is 12.4. The first-order chi connectivity index (χ1) is 11.4. The SMILES string of the molecule is Cc1nc(C)c(-c2nnc(SC(C)C(=O)c3ccc(Cl)cc3)o2)s1. The van der Waals surface area contributed by atoms with Crippen LogP contribution in [0.25, 0.3) is 10.8 Å². The van der Waals surface area contributed by atoms with Crippen molar-refractivity contribution in [1.82, 2.24) is 15.2 Å². The Morgan fingerprint density at radius 1 is 1.25 bits per heavy atom. The van der Waals surface area contributed by atoms with Crippen LogP contribution < -0.4 is 0 Å². The molecule has 2 aromatic heterocycles. The Kier molecular flexibility index (Phi) is 5.03. The molecule has 0 aliphatic rings. The van der Waals surface area contributed by atoms with Crippen LogP contribution in [0.2, 0.25) is 5.02 Å². The van der Waals surface area contributed by atoms with Gasteiger partial charge in [-0.15, -0.1) is 21.5 Å². The molecule has 0 bridgehead atoms. The molecule has 5 nitrogen and oxygen atoms in total. The minimum absolute atomic E-state index is 0.0127. The molecule has 0 aliphatic carbocycles. The van der Waals surface area contributed by atoms with Crippen molar-refractivity contribution in [1.29, 1.82) is 0 Å². The number of rotatable bonds is 5. The molecular weight excluding hydrogens is 366 g/mol. The third-order valence-corrected chi connectivity index (χ3v) is 5.53. The molecule has 1 aromatic carbocycles. The average Bonchev–Trinajstić information content (AvgIpc) is 3.13. The van der Waals surface area contributed by atoms with Crippen molar-refractivity contribution in [3.63, 3.8) is 0 Å². The second-order valence-corrected chi connectivity index (χ2v) is 8.08. The van der Waals surface area contributed by atoms with Crippen LogP contribution in [0.15, 0.2) is 33.9 Å². The van der Waals surface area contributed by atoms with Crippen LogP contribution in [-0.4, -0.2) is 26.2 Å². The van der Waals surface area contributed by atoms with Gasteiger partial charge in [0.05, 0.1) is 16.0 Å². The standard InChI is InChI=1S/C16H14ClN3O2S2/c1-8-14(24-10(3)18-8)15-19-20-16(22-15)23-9(2)13(21)11-4-6-12(17)7-5-11/h4-7,9H,1-3H3. The molecule has 1 unspecified atom stereocenters. The summed E-state index contributed by atoms with van der Waals surface area (Å²) in [5.41, 5.74) is 1.47. The molecule has 0 saturated heterocycles. The maximum Gasteiger partial charge on any atom is 0.277 e. The third-order valence-electron chi connectivity index (χ3n) is 3.28. The van der Waals surface area contributed by atoms with Gasteiger partial charge in [-0.2, -0.15) is 0 Å². The van der Waals surface area contributed by atoms with E-state index in [1.165, 1.54) is 23.1 Å². The number of carbonyl (C=O) groups is 1. The number of aryl methyl sites for hydroxylation is 2. The molecule has 3 aromatic rings. The van der Waals surface area contributed by atoms with Crippen molar-refractivity contribution in [2.24, 2.45) is 0 Å². The van der Waals surface area contributed by atoms with Crippen LogP contribution in [0, 0.1) is 13.8 Å². The summed E-state index contributed by atoms with van der Waals surface area (Å²) >= 11 is 8.60. The number of aromatic nitrogens is 3. The average molecular weight is 380 g/mol. The summed E-state index contributed by atoms with van der Waals surface area (Å²) in [7, 11) is 0. The van der Waals surface area contributed by atoms with Crippen molar-refractivity contribution in [3.05, 3.63) is 45.6 Å². The van der Waals surface area contributed by atoms with Crippen LogP contribution in [-0.2, 0) is 0 Å². The van der Waals surface area contributed by atoms with Gasteiger partial charge in [-0.25, -0.2) is 4.98 Å². The Morgan fingerprint density at radius 2 is 1.96 bits per heavy atom. The van der Waals surface area contributed by atoms with Crippen molar-refractivity contribution < 1.29 is 9.21 Å². The Bertz CT molecular complexity index is 874. The van der Waals surface area contributed by atoms with Gasteiger partial charge in [0.2, 0.25) is 0 Å². The maximum atomic E-state index is 12.4. The molecule has 24 heavy (non-hydrogen) atoms. The molecule has 0 radical (unpaired) electrons. The summed E-state index contributed by atoms with van der Waals surface area (Å²) in [6.07, 6.45) is 0. The normalized spacial score (nSPS) is 12.3. The van der Waals surface area contributed by atoms with E-state index < -0.39 is 0 Å². The van der Waals surface area contributed by atoms with E-state index in [0.29, 0.717) is 21.7 Å². The van der Waals surface area contributed by atoms with Crippen LogP contribution >= 0.6 is 34.7 Å². The highest BCUT2D eigenvalue weighted by molar-refractivity contribution is 8.00. The Labute approximate surface area is 152 Å². The van der Waals surface area contributed by atoms with Crippen LogP contribution in [0.5, 0.6) is 0 Å². The summed E-state index contributed by atoms with van der Waals surface area (Å²) in [5.74, 6) is 0.424. The van der Waals surface area contributed by atoms with E-state index >= 15 is 0 Å². The van der Waals surface area contributed by atoms with E-state index in [0.717, 1.165) is 15.6 Å². The van der Waals surface area contributed by atoms with E-state index in [1.54, 1.807) is 24.3 Å². The van der Waals surface area contributed by atoms with E-state index in [2.05, 4.69) is 15.2 Å². The molecule has 124 valence electrons. The molecule has 0 amide bonds. The van der Waals surface area contributed by atoms with Gasteiger partial charge >= 0.3 is 0 Å². The molecule has 0 N–H and O–H groups in total. The van der Waals surface area contributed by atoms with Crippen LogP contribution in [0.3, 0.4) is 0 Å². The number of benzene rings is 1. The topological polar surface area (TPSA) is 68.9 Å². The molecule has 1 atom stereocenters. The van der Waals surface area contributed by atoms with E-state index in [4.69, 9.17) is 16.0 Å². The Balaban J connectivity index is 1.73. The van der Waals surface area contributed by atoms with Crippen LogP contribution in [0.4, 0.5) is 0 Å². The largest absolute Gasteiger partial charge is 0.410 e. The fourth-order valence-corrected chi connectivity index (χ4v) is 3.86. The summed E-state index contributed by atoms with van der Waals surface area (Å²) in [5, 5.41) is 9.65. The third kappa shape index (κ3) is 3.68. The lowest BCUT2D eigenvalue weighted by molar-refractivity contribution is 0.0993. The fraction of sp³-hybridized carbons (Fsp3) is 0.250. The molecule has 0 saturated carbocycles. The number of ketones is 1. The number of carbonyl (C=O) groups excluding carboxylic acids is 1. The lowest BCUT2D eigenvalue weighted by Crippen LogP contribution is -2.13. The van der Waals surface area contributed by atoms with Gasteiger partial charge in [0.1, 0.15) is 4.88 Å². The highest BCUT2D eigenvalue weighted by Crippen LogP contribution is 2.32. The second-order valence-electron chi connectivity index (χ2n) is 5.15. The van der Waals surface area contributed by atoms with Crippen LogP contribution in [0.1, 0.15) is 28.0 Å². The zero-order chi connectivity index (χ0) is 17.3. The molecule has 0 fully saturated rings. The number of Topliss-reactive ketones (excluding diaryl/α,β-unsaturated/α-hetero) is 1. The Morgan fingerprint density at radius 3 is 2.58 bits per heavy atom. The smallest absolute Gasteiger partial charge is 0.277 e. The first-order valence-electron chi connectivity index (χ1n) is 7.18. The van der Waals surface area contributed by atoms with Gasteiger partial charge in [0.25, 0.3) is 11.1 Å². The molecule has 2 heterocycles. The predicted molar refractivity (Wildman–Crippen MR) is 96.0 cm³/mol. The molecule has 3 rings (SSSR count). The van der Waals surface area contributed by atoms with E-state index in [9.17, 15) is 4.79 Å². The lowest BCUT2D eigenvalue weighted by atomic mass is 10.1. The molecule has 0 spiro atoms. The van der Waals surface area contributed by atoms with Gasteiger partial charge < -0.3 is 4.42 Å². The van der Waals surface area contributed by atoms with Crippen molar-refractivity contribution in [2.45, 2.75) is 31.2 Å². The zero-order valence-corrected chi connectivity index (χ0v) is 15.6. The minimum Gasteiger partial charge on any atom is -0.410 e. The van der Waals surface area contributed by atoms with Gasteiger partial charge in [-0.3, -0.25) is 4.79 Å². The van der Waals surface area contributed by atoms with Gasteiger partial charge in [0, 0.05) is 10.6 Å². The number of thiazole rings is 1. The number of hydrogen-bond donors (Lipinski definition) is 0.